The van der Waals surface area contributed by atoms with Crippen LogP contribution in [-0.2, 0) is 14.8 Å². The van der Waals surface area contributed by atoms with Gasteiger partial charge in [-0.05, 0) is 50.1 Å². The predicted molar refractivity (Wildman–Crippen MR) is 137 cm³/mol. The van der Waals surface area contributed by atoms with Crippen LogP contribution < -0.4 is 4.90 Å². The van der Waals surface area contributed by atoms with Gasteiger partial charge in [-0.1, -0.05) is 12.1 Å². The van der Waals surface area contributed by atoms with Crippen LogP contribution in [0.1, 0.15) is 19.8 Å². The zero-order valence-corrected chi connectivity index (χ0v) is 22.2. The first-order chi connectivity index (χ1) is 16.9. The molecule has 2 aliphatic heterocycles. The molecule has 11 heteroatoms. The van der Waals surface area contributed by atoms with Crippen molar-refractivity contribution < 1.29 is 23.1 Å². The van der Waals surface area contributed by atoms with Gasteiger partial charge in [-0.25, -0.2) is 17.5 Å². The molecule has 1 aliphatic carbocycles. The van der Waals surface area contributed by atoms with Gasteiger partial charge in [-0.15, -0.1) is 0 Å². The third-order valence-corrected chi connectivity index (χ3v) is 9.44. The highest BCUT2D eigenvalue weighted by Crippen LogP contribution is 2.34. The third-order valence-electron chi connectivity index (χ3n) is 7.63. The number of anilines is 1. The van der Waals surface area contributed by atoms with E-state index in [9.17, 15) is 23.1 Å². The normalized spacial score (nSPS) is 25.7. The number of amides is 2. The van der Waals surface area contributed by atoms with E-state index in [0.717, 1.165) is 11.4 Å². The molecule has 1 aromatic carbocycles. The second kappa shape index (κ2) is 9.87. The molecule has 2 amide bonds. The molecule has 0 radical (unpaired) electrons. The Bertz CT molecular complexity index is 1190. The van der Waals surface area contributed by atoms with Crippen molar-refractivity contribution in [2.75, 3.05) is 46.2 Å². The number of rotatable bonds is 5. The maximum Gasteiger partial charge on any atom is 0.407 e. The van der Waals surface area contributed by atoms with E-state index >= 15 is 0 Å². The number of likely N-dealkylation sites (N-methyl/N-ethyl adjacent to an activating group) is 2. The molecule has 0 bridgehead atoms. The minimum atomic E-state index is -3.57. The topological polar surface area (TPSA) is 105 Å². The van der Waals surface area contributed by atoms with Gasteiger partial charge in [0.2, 0.25) is 15.9 Å². The number of carboxylic acid groups (broad SMARTS) is 1. The van der Waals surface area contributed by atoms with Gasteiger partial charge < -0.3 is 19.8 Å². The Hall–Kier alpha value is -2.89. The number of carbonyl (C=O) groups is 2. The van der Waals surface area contributed by atoms with Gasteiger partial charge in [0.05, 0.1) is 23.0 Å². The molecular formula is C25H35N5O5S. The zero-order chi connectivity index (χ0) is 26.4. The van der Waals surface area contributed by atoms with E-state index in [-0.39, 0.29) is 35.0 Å². The average Bonchev–Trinajstić information content (AvgIpc) is 2.87. The van der Waals surface area contributed by atoms with Crippen molar-refractivity contribution in [2.24, 2.45) is 0 Å². The Morgan fingerprint density at radius 2 is 1.78 bits per heavy atom. The van der Waals surface area contributed by atoms with Crippen molar-refractivity contribution in [2.45, 2.75) is 48.8 Å². The molecule has 36 heavy (non-hydrogen) atoms. The van der Waals surface area contributed by atoms with Crippen molar-refractivity contribution >= 4 is 27.7 Å². The van der Waals surface area contributed by atoms with Crippen LogP contribution in [0.15, 0.2) is 53.1 Å². The number of likely N-dealkylation sites (tertiary alicyclic amines) is 1. The monoisotopic (exact) mass is 517 g/mol. The highest BCUT2D eigenvalue weighted by atomic mass is 32.2. The van der Waals surface area contributed by atoms with Gasteiger partial charge in [-0.3, -0.25) is 9.69 Å². The van der Waals surface area contributed by atoms with E-state index in [2.05, 4.69) is 11.0 Å². The fourth-order valence-corrected chi connectivity index (χ4v) is 6.38. The summed E-state index contributed by atoms with van der Waals surface area (Å²) in [6.07, 6.45) is 6.57. The summed E-state index contributed by atoms with van der Waals surface area (Å²) in [5.74, 6) is 0.0494. The lowest BCUT2D eigenvalue weighted by molar-refractivity contribution is -0.147. The Kier molecular flexibility index (Phi) is 7.18. The van der Waals surface area contributed by atoms with Crippen LogP contribution in [0.2, 0.25) is 0 Å². The molecule has 3 atom stereocenters. The van der Waals surface area contributed by atoms with Crippen molar-refractivity contribution in [1.82, 2.24) is 19.0 Å². The van der Waals surface area contributed by atoms with Gasteiger partial charge in [0, 0.05) is 58.7 Å². The van der Waals surface area contributed by atoms with Crippen LogP contribution in [0, 0.1) is 0 Å². The summed E-state index contributed by atoms with van der Waals surface area (Å²) in [6, 6.07) is 6.38. The van der Waals surface area contributed by atoms with Crippen LogP contribution >= 0.6 is 0 Å². The standard InChI is InChI=1S/C25H35N5O5S/c1-17-24(31)28(5)22-10-9-20(16-23(22)30(17)18-11-13-29(14-12-18)25(32)33)27(4)19-7-6-8-21(15-19)36(34,35)26(2)3/h6-10,15-18,22-23H,11-14H2,1-5H3,(H,32,33)/t17-,22?,23?/m1/s1. The van der Waals surface area contributed by atoms with E-state index in [0.29, 0.717) is 25.9 Å². The van der Waals surface area contributed by atoms with Crippen molar-refractivity contribution in [1.29, 1.82) is 0 Å². The number of hydrogen-bond acceptors (Lipinski definition) is 6. The molecule has 0 spiro atoms. The number of benzene rings is 1. The first kappa shape index (κ1) is 26.2. The molecule has 4 rings (SSSR count). The van der Waals surface area contributed by atoms with Crippen molar-refractivity contribution in [3.05, 3.63) is 48.2 Å². The lowest BCUT2D eigenvalue weighted by Gasteiger charge is -2.52. The second-order valence-electron chi connectivity index (χ2n) is 9.85. The van der Waals surface area contributed by atoms with E-state index in [1.54, 1.807) is 23.1 Å². The van der Waals surface area contributed by atoms with E-state index < -0.39 is 16.1 Å². The van der Waals surface area contributed by atoms with Gasteiger partial charge in [-0.2, -0.15) is 0 Å². The summed E-state index contributed by atoms with van der Waals surface area (Å²) >= 11 is 0. The summed E-state index contributed by atoms with van der Waals surface area (Å²) in [4.78, 5) is 32.1. The highest BCUT2D eigenvalue weighted by molar-refractivity contribution is 7.89. The smallest absolute Gasteiger partial charge is 0.407 e. The minimum Gasteiger partial charge on any atom is -0.465 e. The Morgan fingerprint density at radius 1 is 1.11 bits per heavy atom. The fraction of sp³-hybridized carbons (Fsp3) is 0.520. The fourth-order valence-electron chi connectivity index (χ4n) is 5.44. The third kappa shape index (κ3) is 4.62. The quantitative estimate of drug-likeness (QED) is 0.636. The second-order valence-corrected chi connectivity index (χ2v) is 12.0. The van der Waals surface area contributed by atoms with Crippen LogP contribution in [0.25, 0.3) is 0 Å². The molecular weight excluding hydrogens is 482 g/mol. The Balaban J connectivity index is 1.64. The van der Waals surface area contributed by atoms with Crippen LogP contribution in [-0.4, -0.2) is 110 Å². The first-order valence-electron chi connectivity index (χ1n) is 12.1. The predicted octanol–water partition coefficient (Wildman–Crippen LogP) is 1.87. The molecule has 2 fully saturated rings. The highest BCUT2D eigenvalue weighted by Gasteiger charge is 2.46. The molecule has 2 heterocycles. The summed E-state index contributed by atoms with van der Waals surface area (Å²) in [7, 11) is 3.17. The summed E-state index contributed by atoms with van der Waals surface area (Å²) < 4.78 is 26.5. The van der Waals surface area contributed by atoms with E-state index in [4.69, 9.17) is 0 Å². The van der Waals surface area contributed by atoms with Crippen LogP contribution in [0.4, 0.5) is 10.5 Å². The first-order valence-corrected chi connectivity index (χ1v) is 13.6. The lowest BCUT2D eigenvalue weighted by atomic mass is 9.88. The number of sulfonamides is 1. The zero-order valence-electron chi connectivity index (χ0n) is 21.4. The van der Waals surface area contributed by atoms with Gasteiger partial charge >= 0.3 is 6.09 Å². The van der Waals surface area contributed by atoms with E-state index in [1.807, 2.05) is 44.1 Å². The molecule has 0 saturated carbocycles. The Morgan fingerprint density at radius 3 is 2.39 bits per heavy atom. The molecule has 1 aromatic rings. The number of piperazine rings is 1. The molecule has 2 saturated heterocycles. The lowest BCUT2D eigenvalue weighted by Crippen LogP contribution is -2.67. The summed E-state index contributed by atoms with van der Waals surface area (Å²) in [6.45, 7) is 2.82. The number of carbonyl (C=O) groups excluding carboxylic acids is 1. The van der Waals surface area contributed by atoms with Crippen LogP contribution in [0.3, 0.4) is 0 Å². The minimum absolute atomic E-state index is 0.0494. The maximum atomic E-state index is 13.1. The van der Waals surface area contributed by atoms with Crippen molar-refractivity contribution in [3.63, 3.8) is 0 Å². The SMILES string of the molecule is C[C@@H]1C(=O)N(C)C2C=CC(N(C)c3cccc(S(=O)(=O)N(C)C)c3)=CC2N1C1CCN(C(=O)O)CC1. The largest absolute Gasteiger partial charge is 0.465 e. The number of piperidine rings is 1. The molecule has 2 unspecified atom stereocenters. The molecule has 1 N–H and O–H groups in total. The number of allylic oxidation sites excluding steroid dienone is 1. The number of hydrogen-bond donors (Lipinski definition) is 1. The average molecular weight is 518 g/mol. The van der Waals surface area contributed by atoms with Crippen LogP contribution in [0.5, 0.6) is 0 Å². The molecule has 0 aromatic heterocycles. The van der Waals surface area contributed by atoms with Gasteiger partial charge in [0.15, 0.2) is 0 Å². The molecule has 10 nitrogen and oxygen atoms in total. The van der Waals surface area contributed by atoms with E-state index in [1.165, 1.54) is 23.3 Å². The Labute approximate surface area is 213 Å². The van der Waals surface area contributed by atoms with Gasteiger partial charge in [0.1, 0.15) is 0 Å². The molecule has 3 aliphatic rings. The molecule has 196 valence electrons. The summed E-state index contributed by atoms with van der Waals surface area (Å²) in [5, 5.41) is 9.34. The van der Waals surface area contributed by atoms with Gasteiger partial charge in [0.25, 0.3) is 0 Å². The maximum absolute atomic E-state index is 13.1. The number of nitrogens with zero attached hydrogens (tertiary/aromatic N) is 5. The summed E-state index contributed by atoms with van der Waals surface area (Å²) in [5.41, 5.74) is 1.64. The van der Waals surface area contributed by atoms with Crippen molar-refractivity contribution in [3.8, 4) is 0 Å². The number of fused-ring (bicyclic) bond motifs is 1.